The van der Waals surface area contributed by atoms with E-state index in [4.69, 9.17) is 10.5 Å². The normalized spacial score (nSPS) is 10.4. The van der Waals surface area contributed by atoms with Gasteiger partial charge in [-0.3, -0.25) is 4.79 Å². The molecule has 1 amide bonds. The molecule has 2 aromatic carbocycles. The van der Waals surface area contributed by atoms with E-state index < -0.39 is 0 Å². The van der Waals surface area contributed by atoms with Crippen LogP contribution in [-0.4, -0.2) is 10.9 Å². The molecule has 3 aromatic rings. The number of aromatic nitrogens is 1. The number of nitrogens with two attached hydrogens (primary N) is 1. The van der Waals surface area contributed by atoms with Crippen molar-refractivity contribution in [3.63, 3.8) is 0 Å². The molecule has 0 unspecified atom stereocenters. The molecular weight excluding hydrogens is 326 g/mol. The number of amides is 1. The van der Waals surface area contributed by atoms with Crippen LogP contribution in [0.2, 0.25) is 0 Å². The number of nitrogen functional groups attached to an aromatic ring is 1. The third-order valence-electron chi connectivity index (χ3n) is 4.17. The van der Waals surface area contributed by atoms with E-state index in [0.29, 0.717) is 17.0 Å². The van der Waals surface area contributed by atoms with Crippen LogP contribution in [0, 0.1) is 20.8 Å². The highest BCUT2D eigenvalue weighted by Gasteiger charge is 2.13. The van der Waals surface area contributed by atoms with E-state index in [1.54, 1.807) is 18.2 Å². The quantitative estimate of drug-likeness (QED) is 0.721. The first-order valence-electron chi connectivity index (χ1n) is 8.32. The summed E-state index contributed by atoms with van der Waals surface area (Å²) in [7, 11) is 0. The zero-order valence-electron chi connectivity index (χ0n) is 15.0. The predicted molar refractivity (Wildman–Crippen MR) is 104 cm³/mol. The molecule has 0 fully saturated rings. The average molecular weight is 347 g/mol. The second-order valence-electron chi connectivity index (χ2n) is 6.17. The maximum atomic E-state index is 12.5. The minimum Gasteiger partial charge on any atom is -0.457 e. The highest BCUT2D eigenvalue weighted by Crippen LogP contribution is 2.26. The summed E-state index contributed by atoms with van der Waals surface area (Å²) < 4.78 is 5.86. The van der Waals surface area contributed by atoms with E-state index >= 15 is 0 Å². The number of rotatable bonds is 4. The highest BCUT2D eigenvalue weighted by atomic mass is 16.5. The number of benzene rings is 2. The smallest absolute Gasteiger partial charge is 0.259 e. The minimum absolute atomic E-state index is 0.227. The summed E-state index contributed by atoms with van der Waals surface area (Å²) in [6.07, 6.45) is 0. The van der Waals surface area contributed by atoms with Gasteiger partial charge in [-0.05, 0) is 68.3 Å². The van der Waals surface area contributed by atoms with Crippen LogP contribution < -0.4 is 15.8 Å². The maximum Gasteiger partial charge on any atom is 0.259 e. The summed E-state index contributed by atoms with van der Waals surface area (Å²) >= 11 is 0. The van der Waals surface area contributed by atoms with Gasteiger partial charge in [0, 0.05) is 11.4 Å². The Balaban J connectivity index is 1.72. The summed E-state index contributed by atoms with van der Waals surface area (Å²) in [6.45, 7) is 5.75. The van der Waals surface area contributed by atoms with Crippen LogP contribution in [0.1, 0.15) is 27.2 Å². The molecule has 132 valence electrons. The van der Waals surface area contributed by atoms with Gasteiger partial charge in [0.15, 0.2) is 0 Å². The van der Waals surface area contributed by atoms with Gasteiger partial charge in [-0.2, -0.15) is 0 Å². The van der Waals surface area contributed by atoms with Crippen molar-refractivity contribution in [2.75, 3.05) is 11.1 Å². The van der Waals surface area contributed by atoms with Gasteiger partial charge in [-0.1, -0.05) is 18.2 Å². The van der Waals surface area contributed by atoms with Crippen molar-refractivity contribution in [1.29, 1.82) is 0 Å². The first kappa shape index (κ1) is 17.5. The molecule has 0 radical (unpaired) electrons. The molecule has 0 aliphatic heterocycles. The van der Waals surface area contributed by atoms with E-state index in [-0.39, 0.29) is 11.7 Å². The fraction of sp³-hybridized carbons (Fsp3) is 0.143. The van der Waals surface area contributed by atoms with Crippen LogP contribution in [0.3, 0.4) is 0 Å². The fourth-order valence-corrected chi connectivity index (χ4v) is 2.51. The number of ether oxygens (including phenoxy) is 1. The van der Waals surface area contributed by atoms with E-state index in [1.807, 2.05) is 57.2 Å². The Hall–Kier alpha value is -3.34. The number of nitrogens with zero attached hydrogens (tertiary/aromatic N) is 1. The topological polar surface area (TPSA) is 77.2 Å². The third kappa shape index (κ3) is 3.83. The molecule has 0 aliphatic rings. The standard InChI is InChI=1S/C21H21N3O2/c1-13-6-4-5-7-19(13)26-17-10-8-16(9-11-17)24-21(25)18-12-14(2)15(3)23-20(18)22/h4-12H,1-3H3,(H2,22,23)(H,24,25). The van der Waals surface area contributed by atoms with Gasteiger partial charge in [-0.25, -0.2) is 4.98 Å². The number of para-hydroxylation sites is 1. The van der Waals surface area contributed by atoms with Gasteiger partial charge >= 0.3 is 0 Å². The summed E-state index contributed by atoms with van der Waals surface area (Å²) in [5, 5.41) is 2.83. The van der Waals surface area contributed by atoms with E-state index in [2.05, 4.69) is 10.3 Å². The Bertz CT molecular complexity index is 950. The van der Waals surface area contributed by atoms with Crippen molar-refractivity contribution in [2.45, 2.75) is 20.8 Å². The van der Waals surface area contributed by atoms with Crippen molar-refractivity contribution >= 4 is 17.4 Å². The average Bonchev–Trinajstić information content (AvgIpc) is 2.61. The van der Waals surface area contributed by atoms with E-state index in [1.165, 1.54) is 0 Å². The van der Waals surface area contributed by atoms with Crippen LogP contribution in [0.25, 0.3) is 0 Å². The summed E-state index contributed by atoms with van der Waals surface area (Å²) in [4.78, 5) is 16.7. The number of nitrogens with one attached hydrogen (secondary N) is 1. The second kappa shape index (κ2) is 7.27. The molecule has 5 nitrogen and oxygen atoms in total. The second-order valence-corrected chi connectivity index (χ2v) is 6.17. The molecule has 0 bridgehead atoms. The molecule has 1 heterocycles. The number of anilines is 2. The molecule has 1 aromatic heterocycles. The first-order valence-corrected chi connectivity index (χ1v) is 8.32. The van der Waals surface area contributed by atoms with Crippen LogP contribution >= 0.6 is 0 Å². The molecule has 0 saturated carbocycles. The van der Waals surface area contributed by atoms with Crippen LogP contribution in [0.4, 0.5) is 11.5 Å². The number of pyridine rings is 1. The van der Waals surface area contributed by atoms with Gasteiger partial charge in [0.05, 0.1) is 5.56 Å². The number of aryl methyl sites for hydroxylation is 3. The highest BCUT2D eigenvalue weighted by molar-refractivity contribution is 6.07. The van der Waals surface area contributed by atoms with Crippen molar-refractivity contribution in [1.82, 2.24) is 4.98 Å². The van der Waals surface area contributed by atoms with Gasteiger partial charge in [0.2, 0.25) is 0 Å². The van der Waals surface area contributed by atoms with E-state index in [0.717, 1.165) is 22.6 Å². The van der Waals surface area contributed by atoms with Gasteiger partial charge < -0.3 is 15.8 Å². The lowest BCUT2D eigenvalue weighted by Crippen LogP contribution is -2.15. The Morgan fingerprint density at radius 3 is 2.38 bits per heavy atom. The summed E-state index contributed by atoms with van der Waals surface area (Å²) in [5.41, 5.74) is 9.70. The van der Waals surface area contributed by atoms with Crippen LogP contribution in [0.15, 0.2) is 54.6 Å². The van der Waals surface area contributed by atoms with Crippen molar-refractivity contribution < 1.29 is 9.53 Å². The van der Waals surface area contributed by atoms with E-state index in [9.17, 15) is 4.79 Å². The fourth-order valence-electron chi connectivity index (χ4n) is 2.51. The minimum atomic E-state index is -0.286. The molecule has 3 rings (SSSR count). The lowest BCUT2D eigenvalue weighted by Gasteiger charge is -2.11. The molecule has 0 spiro atoms. The molecule has 5 heteroatoms. The molecule has 0 atom stereocenters. The summed E-state index contributed by atoms with van der Waals surface area (Å²) in [6, 6.07) is 16.8. The van der Waals surface area contributed by atoms with Crippen molar-refractivity contribution in [2.24, 2.45) is 0 Å². The number of hydrogen-bond acceptors (Lipinski definition) is 4. The molecule has 0 aliphatic carbocycles. The Kier molecular flexibility index (Phi) is 4.89. The van der Waals surface area contributed by atoms with Crippen LogP contribution in [0.5, 0.6) is 11.5 Å². The zero-order valence-corrected chi connectivity index (χ0v) is 15.0. The lowest BCUT2D eigenvalue weighted by atomic mass is 10.1. The SMILES string of the molecule is Cc1ccccc1Oc1ccc(NC(=O)c2cc(C)c(C)nc2N)cc1. The largest absolute Gasteiger partial charge is 0.457 e. The number of carbonyl (C=O) groups excluding carboxylic acids is 1. The third-order valence-corrected chi connectivity index (χ3v) is 4.17. The Morgan fingerprint density at radius 2 is 1.69 bits per heavy atom. The van der Waals surface area contributed by atoms with Crippen LogP contribution in [-0.2, 0) is 0 Å². The van der Waals surface area contributed by atoms with Crippen molar-refractivity contribution in [3.05, 3.63) is 77.0 Å². The van der Waals surface area contributed by atoms with Gasteiger partial charge in [0.25, 0.3) is 5.91 Å². The lowest BCUT2D eigenvalue weighted by molar-refractivity contribution is 0.102. The zero-order chi connectivity index (χ0) is 18.7. The monoisotopic (exact) mass is 347 g/mol. The number of carbonyl (C=O) groups is 1. The molecule has 26 heavy (non-hydrogen) atoms. The first-order chi connectivity index (χ1) is 12.4. The van der Waals surface area contributed by atoms with Crippen molar-refractivity contribution in [3.8, 4) is 11.5 Å². The van der Waals surface area contributed by atoms with Gasteiger partial charge in [0.1, 0.15) is 17.3 Å². The Labute approximate surface area is 152 Å². The maximum absolute atomic E-state index is 12.5. The molecular formula is C21H21N3O2. The van der Waals surface area contributed by atoms with Gasteiger partial charge in [-0.15, -0.1) is 0 Å². The molecule has 0 saturated heterocycles. The molecule has 3 N–H and O–H groups in total. The number of hydrogen-bond donors (Lipinski definition) is 2. The Morgan fingerprint density at radius 1 is 1.00 bits per heavy atom. The summed E-state index contributed by atoms with van der Waals surface area (Å²) in [5.74, 6) is 1.44. The predicted octanol–water partition coefficient (Wildman–Crippen LogP) is 4.63.